The highest BCUT2D eigenvalue weighted by Gasteiger charge is 2.03. The summed E-state index contributed by atoms with van der Waals surface area (Å²) in [4.78, 5) is 11.8. The number of hydrazone groups is 1. The molecule has 0 bridgehead atoms. The number of phenolic OH excluding ortho intramolecular Hbond substituents is 1. The first kappa shape index (κ1) is 14.8. The second-order valence-electron chi connectivity index (χ2n) is 4.12. The van der Waals surface area contributed by atoms with Gasteiger partial charge in [0.15, 0.2) is 0 Å². The lowest BCUT2D eigenvalue weighted by Crippen LogP contribution is -2.17. The molecule has 0 unspecified atom stereocenters. The molecule has 0 aliphatic heterocycles. The Morgan fingerprint density at radius 3 is 2.67 bits per heavy atom. The summed E-state index contributed by atoms with van der Waals surface area (Å²) in [5.74, 6) is 2.16. The standard InChI is InChI=1S/C16H11BrN2O2/c1-2-11-3-8-15(20)13(9-11)10-18-19-16(21)12-4-6-14(17)7-5-12/h1,3-10,20H,(H,19,21)/b18-10+. The Balaban J connectivity index is 2.07. The van der Waals surface area contributed by atoms with E-state index in [4.69, 9.17) is 6.42 Å². The molecular formula is C16H11BrN2O2. The van der Waals surface area contributed by atoms with E-state index < -0.39 is 0 Å². The van der Waals surface area contributed by atoms with Crippen molar-refractivity contribution in [3.05, 3.63) is 63.6 Å². The van der Waals surface area contributed by atoms with Crippen molar-refractivity contribution < 1.29 is 9.90 Å². The van der Waals surface area contributed by atoms with Crippen molar-refractivity contribution in [3.8, 4) is 18.1 Å². The van der Waals surface area contributed by atoms with Gasteiger partial charge in [0, 0.05) is 21.2 Å². The number of carbonyl (C=O) groups is 1. The van der Waals surface area contributed by atoms with Gasteiger partial charge in [0.1, 0.15) is 5.75 Å². The molecule has 104 valence electrons. The van der Waals surface area contributed by atoms with Crippen molar-refractivity contribution in [3.63, 3.8) is 0 Å². The first-order chi connectivity index (χ1) is 10.1. The molecule has 2 aromatic rings. The minimum Gasteiger partial charge on any atom is -0.507 e. The minimum atomic E-state index is -0.341. The van der Waals surface area contributed by atoms with Crippen molar-refractivity contribution in [2.75, 3.05) is 0 Å². The zero-order valence-electron chi connectivity index (χ0n) is 10.9. The second kappa shape index (κ2) is 6.73. The van der Waals surface area contributed by atoms with E-state index in [0.29, 0.717) is 16.7 Å². The van der Waals surface area contributed by atoms with Crippen molar-refractivity contribution in [1.82, 2.24) is 5.43 Å². The third kappa shape index (κ3) is 3.94. The molecule has 0 heterocycles. The van der Waals surface area contributed by atoms with Crippen LogP contribution in [0, 0.1) is 12.3 Å². The smallest absolute Gasteiger partial charge is 0.271 e. The van der Waals surface area contributed by atoms with Crippen molar-refractivity contribution in [2.45, 2.75) is 0 Å². The first-order valence-electron chi connectivity index (χ1n) is 5.99. The Morgan fingerprint density at radius 1 is 1.29 bits per heavy atom. The average molecular weight is 343 g/mol. The number of halogens is 1. The van der Waals surface area contributed by atoms with Crippen LogP contribution in [0.4, 0.5) is 0 Å². The lowest BCUT2D eigenvalue weighted by atomic mass is 10.1. The Kier molecular flexibility index (Phi) is 4.75. The van der Waals surface area contributed by atoms with Crippen LogP contribution in [-0.2, 0) is 0 Å². The van der Waals surface area contributed by atoms with Gasteiger partial charge in [0.25, 0.3) is 5.91 Å². The van der Waals surface area contributed by atoms with Crippen LogP contribution in [-0.4, -0.2) is 17.2 Å². The highest BCUT2D eigenvalue weighted by atomic mass is 79.9. The zero-order valence-corrected chi connectivity index (χ0v) is 12.5. The van der Waals surface area contributed by atoms with Gasteiger partial charge < -0.3 is 5.11 Å². The number of carbonyl (C=O) groups excluding carboxylic acids is 1. The molecule has 2 rings (SSSR count). The van der Waals surface area contributed by atoms with Gasteiger partial charge in [-0.25, -0.2) is 5.43 Å². The predicted octanol–water partition coefficient (Wildman–Crippen LogP) is 2.90. The molecule has 21 heavy (non-hydrogen) atoms. The van der Waals surface area contributed by atoms with E-state index in [1.165, 1.54) is 12.3 Å². The largest absolute Gasteiger partial charge is 0.507 e. The van der Waals surface area contributed by atoms with Crippen molar-refractivity contribution >= 4 is 28.1 Å². The number of amides is 1. The molecule has 0 fully saturated rings. The fourth-order valence-corrected chi connectivity index (χ4v) is 1.84. The monoisotopic (exact) mass is 342 g/mol. The second-order valence-corrected chi connectivity index (χ2v) is 5.04. The number of hydrogen-bond acceptors (Lipinski definition) is 3. The zero-order chi connectivity index (χ0) is 15.2. The number of phenols is 1. The fraction of sp³-hybridized carbons (Fsp3) is 0. The van der Waals surface area contributed by atoms with Crippen LogP contribution in [0.2, 0.25) is 0 Å². The molecule has 0 atom stereocenters. The van der Waals surface area contributed by atoms with Gasteiger partial charge in [-0.2, -0.15) is 5.10 Å². The summed E-state index contributed by atoms with van der Waals surface area (Å²) < 4.78 is 0.888. The first-order valence-corrected chi connectivity index (χ1v) is 6.78. The quantitative estimate of drug-likeness (QED) is 0.511. The van der Waals surface area contributed by atoms with E-state index in [-0.39, 0.29) is 11.7 Å². The molecule has 1 amide bonds. The Hall–Kier alpha value is -2.58. The summed E-state index contributed by atoms with van der Waals surface area (Å²) in [6, 6.07) is 11.6. The lowest BCUT2D eigenvalue weighted by molar-refractivity contribution is 0.0955. The number of nitrogens with one attached hydrogen (secondary N) is 1. The van der Waals surface area contributed by atoms with Gasteiger partial charge in [-0.1, -0.05) is 21.9 Å². The van der Waals surface area contributed by atoms with Gasteiger partial charge in [-0.15, -0.1) is 6.42 Å². The van der Waals surface area contributed by atoms with Crippen LogP contribution in [0.1, 0.15) is 21.5 Å². The highest BCUT2D eigenvalue weighted by molar-refractivity contribution is 9.10. The Labute approximate surface area is 130 Å². The lowest BCUT2D eigenvalue weighted by Gasteiger charge is -2.01. The number of hydrogen-bond donors (Lipinski definition) is 2. The number of rotatable bonds is 3. The average Bonchev–Trinajstić information content (AvgIpc) is 2.49. The number of nitrogens with zero attached hydrogens (tertiary/aromatic N) is 1. The maximum atomic E-state index is 11.8. The van der Waals surface area contributed by atoms with Gasteiger partial charge >= 0.3 is 0 Å². The van der Waals surface area contributed by atoms with Crippen LogP contribution < -0.4 is 5.43 Å². The maximum absolute atomic E-state index is 11.8. The van der Waals surface area contributed by atoms with Gasteiger partial charge in [-0.05, 0) is 42.5 Å². The molecule has 5 heteroatoms. The summed E-state index contributed by atoms with van der Waals surface area (Å²) in [5, 5.41) is 13.5. The topological polar surface area (TPSA) is 61.7 Å². The Bertz CT molecular complexity index is 731. The summed E-state index contributed by atoms with van der Waals surface area (Å²) in [5.41, 5.74) is 3.92. The van der Waals surface area contributed by atoms with Crippen molar-refractivity contribution in [2.24, 2.45) is 5.10 Å². The highest BCUT2D eigenvalue weighted by Crippen LogP contribution is 2.16. The molecule has 0 aliphatic carbocycles. The molecule has 0 radical (unpaired) electrons. The molecule has 2 aromatic carbocycles. The molecule has 2 N–H and O–H groups in total. The van der Waals surface area contributed by atoms with Crippen LogP contribution in [0.3, 0.4) is 0 Å². The third-order valence-electron chi connectivity index (χ3n) is 2.67. The van der Waals surface area contributed by atoms with E-state index in [0.717, 1.165) is 4.47 Å². The predicted molar refractivity (Wildman–Crippen MR) is 85.2 cm³/mol. The number of terminal acetylenes is 1. The third-order valence-corrected chi connectivity index (χ3v) is 3.20. The van der Waals surface area contributed by atoms with E-state index in [1.54, 1.807) is 36.4 Å². The molecule has 0 aromatic heterocycles. The molecular weight excluding hydrogens is 332 g/mol. The fourth-order valence-electron chi connectivity index (χ4n) is 1.57. The van der Waals surface area contributed by atoms with Crippen LogP contribution in [0.15, 0.2) is 52.0 Å². The maximum Gasteiger partial charge on any atom is 0.271 e. The summed E-state index contributed by atoms with van der Waals surface area (Å²) in [6.07, 6.45) is 6.62. The summed E-state index contributed by atoms with van der Waals surface area (Å²) in [6.45, 7) is 0. The molecule has 0 saturated heterocycles. The van der Waals surface area contributed by atoms with Crippen LogP contribution >= 0.6 is 15.9 Å². The van der Waals surface area contributed by atoms with Crippen molar-refractivity contribution in [1.29, 1.82) is 0 Å². The van der Waals surface area contributed by atoms with Crippen LogP contribution in [0.5, 0.6) is 5.75 Å². The number of benzene rings is 2. The Morgan fingerprint density at radius 2 is 2.00 bits per heavy atom. The molecule has 4 nitrogen and oxygen atoms in total. The van der Waals surface area contributed by atoms with Gasteiger partial charge in [0.2, 0.25) is 0 Å². The normalized spacial score (nSPS) is 10.3. The van der Waals surface area contributed by atoms with Gasteiger partial charge in [0.05, 0.1) is 6.21 Å². The summed E-state index contributed by atoms with van der Waals surface area (Å²) in [7, 11) is 0. The molecule has 0 aliphatic rings. The van der Waals surface area contributed by atoms with Crippen LogP contribution in [0.25, 0.3) is 0 Å². The SMILES string of the molecule is C#Cc1ccc(O)c(/C=N/NC(=O)c2ccc(Br)cc2)c1. The summed E-state index contributed by atoms with van der Waals surface area (Å²) >= 11 is 3.29. The molecule has 0 saturated carbocycles. The number of aromatic hydroxyl groups is 1. The van der Waals surface area contributed by atoms with E-state index in [9.17, 15) is 9.90 Å². The molecule has 0 spiro atoms. The van der Waals surface area contributed by atoms with E-state index in [1.807, 2.05) is 0 Å². The van der Waals surface area contributed by atoms with E-state index in [2.05, 4.69) is 32.4 Å². The van der Waals surface area contributed by atoms with E-state index >= 15 is 0 Å². The minimum absolute atomic E-state index is 0.0376. The van der Waals surface area contributed by atoms with Gasteiger partial charge in [-0.3, -0.25) is 4.79 Å².